The number of pyridine rings is 1. The summed E-state index contributed by atoms with van der Waals surface area (Å²) < 4.78 is 47.0. The van der Waals surface area contributed by atoms with Crippen LogP contribution in [0.5, 0.6) is 0 Å². The van der Waals surface area contributed by atoms with Crippen LogP contribution in [0.2, 0.25) is 5.02 Å². The van der Waals surface area contributed by atoms with Gasteiger partial charge in [0.05, 0.1) is 9.95 Å². The smallest absolute Gasteiger partial charge is 0.258 e. The summed E-state index contributed by atoms with van der Waals surface area (Å²) in [5, 5.41) is 9.90. The van der Waals surface area contributed by atoms with Gasteiger partial charge in [0.15, 0.2) is 10.6 Å². The van der Waals surface area contributed by atoms with E-state index in [2.05, 4.69) is 4.98 Å². The van der Waals surface area contributed by atoms with E-state index in [0.717, 1.165) is 0 Å². The van der Waals surface area contributed by atoms with Gasteiger partial charge in [-0.2, -0.15) is 0 Å². The lowest BCUT2D eigenvalue weighted by molar-refractivity contribution is -0.389. The fourth-order valence-corrected chi connectivity index (χ4v) is 2.77. The predicted molar refractivity (Wildman–Crippen MR) is 53.9 cm³/mol. The molecule has 0 aliphatic rings. The summed E-state index contributed by atoms with van der Waals surface area (Å²) in [6.45, 7) is 0. The molecule has 0 aromatic carbocycles. The molecular weight excluding hydrogens is 305 g/mol. The summed E-state index contributed by atoms with van der Waals surface area (Å²) in [6, 6.07) is 0. The molecule has 11 heteroatoms. The van der Waals surface area contributed by atoms with Gasteiger partial charge in [-0.1, -0.05) is 11.6 Å². The van der Waals surface area contributed by atoms with Gasteiger partial charge in [-0.3, -0.25) is 10.1 Å². The third-order valence-corrected chi connectivity index (χ3v) is 3.39. The van der Waals surface area contributed by atoms with Crippen molar-refractivity contribution in [2.45, 2.75) is 11.3 Å². The fourth-order valence-electron chi connectivity index (χ4n) is 1.04. The lowest BCUT2D eigenvalue weighted by Crippen LogP contribution is -2.06. The fraction of sp³-hybridized carbons (Fsp3) is 0.167. The van der Waals surface area contributed by atoms with Crippen LogP contribution in [-0.4, -0.2) is 18.3 Å². The van der Waals surface area contributed by atoms with Crippen LogP contribution in [0.1, 0.15) is 12.1 Å². The minimum Gasteiger partial charge on any atom is -0.258 e. The second-order valence-electron chi connectivity index (χ2n) is 2.66. The molecule has 1 rings (SSSR count). The Morgan fingerprint density at radius 1 is 1.47 bits per heavy atom. The van der Waals surface area contributed by atoms with Crippen molar-refractivity contribution in [2.75, 3.05) is 0 Å². The molecule has 0 N–H and O–H groups in total. The van der Waals surface area contributed by atoms with Crippen LogP contribution < -0.4 is 0 Å². The van der Waals surface area contributed by atoms with Gasteiger partial charge >= 0.3 is 5.69 Å². The standard InChI is InChI=1S/C6H2Cl2F2N2O4S/c7-2-1-11-3(6(9)10)4(12(13)14)5(2)17(8,15)16/h1,6H. The number of alkyl halides is 2. The van der Waals surface area contributed by atoms with Gasteiger partial charge in [0, 0.05) is 16.9 Å². The van der Waals surface area contributed by atoms with Crippen LogP contribution >= 0.6 is 22.3 Å². The first kappa shape index (κ1) is 14.0. The Bertz CT molecular complexity index is 578. The van der Waals surface area contributed by atoms with Crippen molar-refractivity contribution in [1.29, 1.82) is 0 Å². The van der Waals surface area contributed by atoms with Gasteiger partial charge in [-0.05, 0) is 0 Å². The van der Waals surface area contributed by atoms with E-state index < -0.39 is 41.7 Å². The van der Waals surface area contributed by atoms with Crippen LogP contribution in [0.3, 0.4) is 0 Å². The Labute approximate surface area is 103 Å². The van der Waals surface area contributed by atoms with Crippen LogP contribution in [0.25, 0.3) is 0 Å². The molecular formula is C6H2Cl2F2N2O4S. The highest BCUT2D eigenvalue weighted by atomic mass is 35.7. The highest BCUT2D eigenvalue weighted by Crippen LogP contribution is 2.38. The Hall–Kier alpha value is -1.06. The largest absolute Gasteiger partial charge is 0.318 e. The van der Waals surface area contributed by atoms with Gasteiger partial charge in [-0.25, -0.2) is 22.2 Å². The van der Waals surface area contributed by atoms with Crippen molar-refractivity contribution in [2.24, 2.45) is 0 Å². The van der Waals surface area contributed by atoms with Crippen LogP contribution in [-0.2, 0) is 9.05 Å². The number of nitro groups is 1. The quantitative estimate of drug-likeness (QED) is 0.486. The molecule has 0 fully saturated rings. The number of rotatable bonds is 3. The second-order valence-corrected chi connectivity index (χ2v) is 5.57. The third-order valence-electron chi connectivity index (χ3n) is 1.62. The Morgan fingerprint density at radius 2 is 2.00 bits per heavy atom. The normalized spacial score (nSPS) is 11.8. The second kappa shape index (κ2) is 4.67. The summed E-state index contributed by atoms with van der Waals surface area (Å²) >= 11 is 5.36. The first-order valence-corrected chi connectivity index (χ1v) is 6.40. The third kappa shape index (κ3) is 2.79. The molecule has 6 nitrogen and oxygen atoms in total. The molecule has 0 aliphatic carbocycles. The van der Waals surface area contributed by atoms with Gasteiger partial charge in [0.25, 0.3) is 15.5 Å². The number of aromatic nitrogens is 1. The highest BCUT2D eigenvalue weighted by molar-refractivity contribution is 8.14. The molecule has 0 atom stereocenters. The topological polar surface area (TPSA) is 90.2 Å². The monoisotopic (exact) mass is 306 g/mol. The molecule has 0 saturated heterocycles. The first-order valence-electron chi connectivity index (χ1n) is 3.72. The Morgan fingerprint density at radius 3 is 2.35 bits per heavy atom. The molecule has 0 unspecified atom stereocenters. The van der Waals surface area contributed by atoms with E-state index in [0.29, 0.717) is 6.20 Å². The van der Waals surface area contributed by atoms with Gasteiger partial charge in [0.1, 0.15) is 0 Å². The first-order chi connectivity index (χ1) is 7.66. The Balaban J connectivity index is 3.80. The lowest BCUT2D eigenvalue weighted by Gasteiger charge is -2.05. The van der Waals surface area contributed by atoms with E-state index in [1.54, 1.807) is 0 Å². The van der Waals surface area contributed by atoms with Crippen molar-refractivity contribution in [3.8, 4) is 0 Å². The minimum atomic E-state index is -4.64. The summed E-state index contributed by atoms with van der Waals surface area (Å²) in [7, 11) is 0.260. The van der Waals surface area contributed by atoms with E-state index in [-0.39, 0.29) is 0 Å². The number of hydrogen-bond donors (Lipinski definition) is 0. The van der Waals surface area contributed by atoms with Crippen molar-refractivity contribution in [3.05, 3.63) is 27.0 Å². The van der Waals surface area contributed by atoms with Crippen molar-refractivity contribution >= 4 is 37.0 Å². The number of nitrogens with zero attached hydrogens (tertiary/aromatic N) is 2. The molecule has 1 aromatic rings. The molecule has 0 bridgehead atoms. The van der Waals surface area contributed by atoms with Crippen molar-refractivity contribution in [1.82, 2.24) is 4.98 Å². The van der Waals surface area contributed by atoms with Crippen molar-refractivity contribution in [3.63, 3.8) is 0 Å². The zero-order valence-electron chi connectivity index (χ0n) is 7.60. The molecule has 0 radical (unpaired) electrons. The highest BCUT2D eigenvalue weighted by Gasteiger charge is 2.35. The molecule has 0 spiro atoms. The summed E-state index contributed by atoms with van der Waals surface area (Å²) in [5.74, 6) is 0. The number of halogens is 4. The molecule has 1 aromatic heterocycles. The summed E-state index contributed by atoms with van der Waals surface area (Å²) in [6.07, 6.45) is -2.77. The molecule has 94 valence electrons. The van der Waals surface area contributed by atoms with Gasteiger partial charge in [-0.15, -0.1) is 0 Å². The van der Waals surface area contributed by atoms with E-state index in [1.165, 1.54) is 0 Å². The maximum atomic E-state index is 12.4. The van der Waals surface area contributed by atoms with E-state index >= 15 is 0 Å². The average molecular weight is 307 g/mol. The van der Waals surface area contributed by atoms with Crippen molar-refractivity contribution < 1.29 is 22.1 Å². The maximum absolute atomic E-state index is 12.4. The van der Waals surface area contributed by atoms with Crippen LogP contribution in [0, 0.1) is 10.1 Å². The zero-order chi connectivity index (χ0) is 13.4. The SMILES string of the molecule is O=[N+]([O-])c1c(C(F)F)ncc(Cl)c1S(=O)(=O)Cl. The number of hydrogen-bond acceptors (Lipinski definition) is 5. The van der Waals surface area contributed by atoms with E-state index in [9.17, 15) is 27.3 Å². The van der Waals surface area contributed by atoms with Gasteiger partial charge < -0.3 is 0 Å². The Kier molecular flexibility index (Phi) is 3.84. The summed E-state index contributed by atoms with van der Waals surface area (Å²) in [5.41, 5.74) is -2.72. The van der Waals surface area contributed by atoms with E-state index in [1.807, 2.05) is 0 Å². The predicted octanol–water partition coefficient (Wildman–Crippen LogP) is 2.51. The molecule has 0 aliphatic heterocycles. The van der Waals surface area contributed by atoms with Gasteiger partial charge in [0.2, 0.25) is 0 Å². The zero-order valence-corrected chi connectivity index (χ0v) is 9.93. The molecule has 0 saturated carbocycles. The average Bonchev–Trinajstić information content (AvgIpc) is 2.14. The minimum absolute atomic E-state index is 0.561. The summed E-state index contributed by atoms with van der Waals surface area (Å²) in [4.78, 5) is 11.1. The molecule has 0 amide bonds. The lowest BCUT2D eigenvalue weighted by atomic mass is 10.3. The van der Waals surface area contributed by atoms with Crippen LogP contribution in [0.15, 0.2) is 11.1 Å². The van der Waals surface area contributed by atoms with E-state index in [4.69, 9.17) is 22.3 Å². The van der Waals surface area contributed by atoms with Crippen LogP contribution in [0.4, 0.5) is 14.5 Å². The molecule has 1 heterocycles. The molecule has 17 heavy (non-hydrogen) atoms. The maximum Gasteiger partial charge on any atom is 0.318 e.